The van der Waals surface area contributed by atoms with Crippen molar-refractivity contribution in [1.29, 1.82) is 0 Å². The van der Waals surface area contributed by atoms with Crippen molar-refractivity contribution in [1.82, 2.24) is 9.78 Å². The molecule has 0 saturated carbocycles. The van der Waals surface area contributed by atoms with E-state index in [0.717, 1.165) is 33.3 Å². The zero-order chi connectivity index (χ0) is 16.4. The van der Waals surface area contributed by atoms with E-state index >= 15 is 0 Å². The van der Waals surface area contributed by atoms with Gasteiger partial charge in [-0.05, 0) is 36.8 Å². The lowest BCUT2D eigenvalue weighted by Gasteiger charge is -2.10. The van der Waals surface area contributed by atoms with E-state index in [0.29, 0.717) is 0 Å². The Kier molecular flexibility index (Phi) is 3.61. The molecule has 0 aliphatic rings. The summed E-state index contributed by atoms with van der Waals surface area (Å²) in [5, 5.41) is 5.72. The van der Waals surface area contributed by atoms with E-state index in [1.807, 2.05) is 59.4 Å². The molecule has 4 rings (SSSR count). The van der Waals surface area contributed by atoms with E-state index in [1.54, 1.807) is 0 Å². The van der Waals surface area contributed by atoms with Gasteiger partial charge in [0.25, 0.3) is 0 Å². The van der Waals surface area contributed by atoms with E-state index in [9.17, 15) is 0 Å². The Morgan fingerprint density at radius 3 is 2.46 bits per heavy atom. The molecule has 1 heterocycles. The highest BCUT2D eigenvalue weighted by atomic mass is 15.3. The molecule has 0 radical (unpaired) electrons. The van der Waals surface area contributed by atoms with Gasteiger partial charge in [0, 0.05) is 10.9 Å². The van der Waals surface area contributed by atoms with Crippen LogP contribution in [0, 0.1) is 18.8 Å². The van der Waals surface area contributed by atoms with Crippen LogP contribution < -0.4 is 0 Å². The molecule has 0 spiro atoms. The van der Waals surface area contributed by atoms with Gasteiger partial charge in [-0.2, -0.15) is 5.10 Å². The number of hydrogen-bond acceptors (Lipinski definition) is 1. The molecule has 0 aliphatic carbocycles. The lowest BCUT2D eigenvalue weighted by atomic mass is 10.1. The summed E-state index contributed by atoms with van der Waals surface area (Å²) in [5.74, 6) is 6.56. The van der Waals surface area contributed by atoms with Gasteiger partial charge in [0.15, 0.2) is 0 Å². The van der Waals surface area contributed by atoms with E-state index in [1.165, 1.54) is 0 Å². The first-order valence-electron chi connectivity index (χ1n) is 7.93. The number of aromatic nitrogens is 2. The van der Waals surface area contributed by atoms with Gasteiger partial charge in [-0.15, -0.1) is 0 Å². The van der Waals surface area contributed by atoms with Crippen molar-refractivity contribution in [2.75, 3.05) is 0 Å². The minimum atomic E-state index is 0.979. The summed E-state index contributed by atoms with van der Waals surface area (Å²) < 4.78 is 1.99. The van der Waals surface area contributed by atoms with E-state index in [2.05, 4.69) is 48.1 Å². The minimum Gasteiger partial charge on any atom is -0.232 e. The highest BCUT2D eigenvalue weighted by Gasteiger charge is 2.10. The summed E-state index contributed by atoms with van der Waals surface area (Å²) in [6, 6.07) is 24.5. The van der Waals surface area contributed by atoms with Gasteiger partial charge in [-0.25, -0.2) is 4.68 Å². The Hall–Kier alpha value is -3.31. The second-order valence-corrected chi connectivity index (χ2v) is 5.70. The molecule has 0 saturated heterocycles. The van der Waals surface area contributed by atoms with Crippen LogP contribution in [0.2, 0.25) is 0 Å². The van der Waals surface area contributed by atoms with E-state index in [4.69, 9.17) is 0 Å². The topological polar surface area (TPSA) is 17.8 Å². The number of para-hydroxylation sites is 2. The van der Waals surface area contributed by atoms with E-state index in [-0.39, 0.29) is 0 Å². The summed E-state index contributed by atoms with van der Waals surface area (Å²) in [4.78, 5) is 0. The van der Waals surface area contributed by atoms with Gasteiger partial charge in [-0.3, -0.25) is 0 Å². The molecule has 0 bridgehead atoms. The first-order chi connectivity index (χ1) is 11.8. The van der Waals surface area contributed by atoms with Crippen LogP contribution in [0.3, 0.4) is 0 Å². The largest absolute Gasteiger partial charge is 0.232 e. The lowest BCUT2D eigenvalue weighted by molar-refractivity contribution is 0.899. The smallest absolute Gasteiger partial charge is 0.0838 e. The molecule has 0 fully saturated rings. The molecule has 4 aromatic rings. The molecular weight excluding hydrogens is 292 g/mol. The Labute approximate surface area is 141 Å². The maximum atomic E-state index is 4.59. The first kappa shape index (κ1) is 14.3. The van der Waals surface area contributed by atoms with Gasteiger partial charge in [0.2, 0.25) is 0 Å². The van der Waals surface area contributed by atoms with Gasteiger partial charge in [0.1, 0.15) is 0 Å². The summed E-state index contributed by atoms with van der Waals surface area (Å²) in [7, 11) is 0. The number of benzene rings is 3. The Morgan fingerprint density at radius 1 is 0.792 bits per heavy atom. The maximum Gasteiger partial charge on any atom is 0.0838 e. The monoisotopic (exact) mass is 308 g/mol. The number of fused-ring (bicyclic) bond motifs is 1. The Balaban J connectivity index is 1.89. The standard InChI is InChI=1S/C22H16N2/c1-17-8-7-12-19(15-14-18-9-3-2-4-10-18)22(17)24-21-13-6-5-11-20(21)16-23-24/h2-13,16H,1H3. The van der Waals surface area contributed by atoms with Crippen LogP contribution in [0.5, 0.6) is 0 Å². The van der Waals surface area contributed by atoms with Crippen molar-refractivity contribution in [2.24, 2.45) is 0 Å². The van der Waals surface area contributed by atoms with Crippen molar-refractivity contribution in [3.05, 3.63) is 95.7 Å². The van der Waals surface area contributed by atoms with Crippen molar-refractivity contribution >= 4 is 10.9 Å². The van der Waals surface area contributed by atoms with Gasteiger partial charge < -0.3 is 0 Å². The van der Waals surface area contributed by atoms with Crippen LogP contribution in [0.4, 0.5) is 0 Å². The normalized spacial score (nSPS) is 10.4. The third-order valence-electron chi connectivity index (χ3n) is 4.04. The third-order valence-corrected chi connectivity index (χ3v) is 4.04. The number of hydrogen-bond donors (Lipinski definition) is 0. The first-order valence-corrected chi connectivity index (χ1v) is 7.93. The molecule has 0 amide bonds. The second kappa shape index (κ2) is 6.06. The lowest BCUT2D eigenvalue weighted by Crippen LogP contribution is -2.02. The highest BCUT2D eigenvalue weighted by molar-refractivity contribution is 5.81. The van der Waals surface area contributed by atoms with Gasteiger partial charge in [-0.1, -0.05) is 60.4 Å². The summed E-state index contributed by atoms with van der Waals surface area (Å²) >= 11 is 0. The maximum absolute atomic E-state index is 4.59. The zero-order valence-corrected chi connectivity index (χ0v) is 13.4. The molecule has 114 valence electrons. The average Bonchev–Trinajstić information content (AvgIpc) is 3.05. The van der Waals surface area contributed by atoms with Crippen LogP contribution in [0.1, 0.15) is 16.7 Å². The molecular formula is C22H16N2. The molecule has 0 unspecified atom stereocenters. The fourth-order valence-electron chi connectivity index (χ4n) is 2.85. The molecule has 0 aliphatic heterocycles. The Bertz CT molecular complexity index is 1060. The molecule has 1 aromatic heterocycles. The fourth-order valence-corrected chi connectivity index (χ4v) is 2.85. The summed E-state index contributed by atoms with van der Waals surface area (Å²) in [5.41, 5.74) is 5.28. The zero-order valence-electron chi connectivity index (χ0n) is 13.4. The number of rotatable bonds is 1. The van der Waals surface area contributed by atoms with Crippen molar-refractivity contribution in [3.63, 3.8) is 0 Å². The molecule has 2 nitrogen and oxygen atoms in total. The van der Waals surface area contributed by atoms with Gasteiger partial charge >= 0.3 is 0 Å². The predicted molar refractivity (Wildman–Crippen MR) is 98.2 cm³/mol. The quantitative estimate of drug-likeness (QED) is 0.465. The van der Waals surface area contributed by atoms with Crippen LogP contribution in [0.25, 0.3) is 16.6 Å². The van der Waals surface area contributed by atoms with Crippen LogP contribution in [0.15, 0.2) is 79.0 Å². The highest BCUT2D eigenvalue weighted by Crippen LogP contribution is 2.23. The van der Waals surface area contributed by atoms with Crippen molar-refractivity contribution in [2.45, 2.75) is 6.92 Å². The fraction of sp³-hybridized carbons (Fsp3) is 0.0455. The predicted octanol–water partition coefficient (Wildman–Crippen LogP) is 4.73. The average molecular weight is 308 g/mol. The van der Waals surface area contributed by atoms with E-state index < -0.39 is 0 Å². The van der Waals surface area contributed by atoms with Crippen LogP contribution in [-0.2, 0) is 0 Å². The van der Waals surface area contributed by atoms with Crippen LogP contribution >= 0.6 is 0 Å². The molecule has 3 aromatic carbocycles. The molecule has 2 heteroatoms. The van der Waals surface area contributed by atoms with Crippen LogP contribution in [-0.4, -0.2) is 9.78 Å². The van der Waals surface area contributed by atoms with Crippen molar-refractivity contribution in [3.8, 4) is 17.5 Å². The summed E-state index contributed by atoms with van der Waals surface area (Å²) in [6.07, 6.45) is 1.90. The van der Waals surface area contributed by atoms with Crippen molar-refractivity contribution < 1.29 is 0 Å². The third kappa shape index (κ3) is 2.57. The SMILES string of the molecule is Cc1cccc(C#Cc2ccccc2)c1-n1ncc2ccccc21. The minimum absolute atomic E-state index is 0.979. The Morgan fingerprint density at radius 2 is 1.58 bits per heavy atom. The summed E-state index contributed by atoms with van der Waals surface area (Å²) in [6.45, 7) is 2.10. The molecule has 0 atom stereocenters. The number of aryl methyl sites for hydroxylation is 1. The molecule has 0 N–H and O–H groups in total. The number of nitrogens with zero attached hydrogens (tertiary/aromatic N) is 2. The second-order valence-electron chi connectivity index (χ2n) is 5.70. The molecule has 24 heavy (non-hydrogen) atoms. The van der Waals surface area contributed by atoms with Gasteiger partial charge in [0.05, 0.1) is 23.0 Å².